The summed E-state index contributed by atoms with van der Waals surface area (Å²) in [5.41, 5.74) is -0.116. The van der Waals surface area contributed by atoms with Crippen LogP contribution >= 0.6 is 34.5 Å². The van der Waals surface area contributed by atoms with Crippen molar-refractivity contribution in [2.75, 3.05) is 0 Å². The molecule has 2 aromatic carbocycles. The summed E-state index contributed by atoms with van der Waals surface area (Å²) < 4.78 is 43.9. The number of alkyl halides is 3. The van der Waals surface area contributed by atoms with Crippen molar-refractivity contribution in [1.82, 2.24) is 4.98 Å². The molecule has 5 nitrogen and oxygen atoms in total. The molecule has 0 spiro atoms. The van der Waals surface area contributed by atoms with Gasteiger partial charge in [-0.1, -0.05) is 41.4 Å². The number of hydrogen-bond acceptors (Lipinski definition) is 5. The smallest absolute Gasteiger partial charge is 0.416 e. The summed E-state index contributed by atoms with van der Waals surface area (Å²) in [6.45, 7) is 4.53. The van der Waals surface area contributed by atoms with E-state index < -0.39 is 23.3 Å². The van der Waals surface area contributed by atoms with Gasteiger partial charge in [0, 0.05) is 5.56 Å². The minimum Gasteiger partial charge on any atom is -0.478 e. The Morgan fingerprint density at radius 1 is 1.11 bits per heavy atom. The van der Waals surface area contributed by atoms with E-state index >= 15 is 0 Å². The second-order valence-electron chi connectivity index (χ2n) is 8.26. The van der Waals surface area contributed by atoms with E-state index in [-0.39, 0.29) is 15.8 Å². The summed E-state index contributed by atoms with van der Waals surface area (Å²) in [6, 6.07) is 7.96. The highest BCUT2D eigenvalue weighted by molar-refractivity contribution is 7.17. The Morgan fingerprint density at radius 2 is 1.74 bits per heavy atom. The number of aliphatic carboxylic acids is 1. The molecule has 0 amide bonds. The van der Waals surface area contributed by atoms with Crippen LogP contribution in [0.25, 0.3) is 10.6 Å². The van der Waals surface area contributed by atoms with Crippen LogP contribution in [-0.4, -0.2) is 27.4 Å². The van der Waals surface area contributed by atoms with Crippen molar-refractivity contribution >= 4 is 46.2 Å². The third-order valence-electron chi connectivity index (χ3n) is 5.18. The topological polar surface area (TPSA) is 83.3 Å². The molecule has 0 unspecified atom stereocenters. The number of carboxylic acids is 1. The first-order chi connectivity index (χ1) is 16.2. The molecule has 0 aliphatic rings. The first kappa shape index (κ1) is 27.0. The number of nitrogens with zero attached hydrogens (tertiary/aromatic N) is 1. The zero-order chi connectivity index (χ0) is 26.1. The lowest BCUT2D eigenvalue weighted by atomic mass is 10.1. The fourth-order valence-corrected chi connectivity index (χ4v) is 4.66. The molecule has 2 N–H and O–H groups in total. The van der Waals surface area contributed by atoms with Gasteiger partial charge in [0.15, 0.2) is 5.60 Å². The monoisotopic (exact) mass is 544 g/mol. The molecule has 0 saturated carbocycles. The summed E-state index contributed by atoms with van der Waals surface area (Å²) in [5, 5.41) is 18.6. The third kappa shape index (κ3) is 6.15. The van der Waals surface area contributed by atoms with E-state index in [1.54, 1.807) is 19.1 Å². The van der Waals surface area contributed by atoms with E-state index in [0.29, 0.717) is 45.3 Å². The molecular formula is C24H21Cl2F3N2O3S. The number of benzene rings is 2. The number of nitrogens with one attached hydrogen (secondary N) is 1. The van der Waals surface area contributed by atoms with Gasteiger partial charge in [-0.3, -0.25) is 0 Å². The summed E-state index contributed by atoms with van der Waals surface area (Å²) in [6.07, 6.45) is -3.72. The van der Waals surface area contributed by atoms with Crippen molar-refractivity contribution in [1.29, 1.82) is 5.41 Å². The molecule has 3 aromatic rings. The van der Waals surface area contributed by atoms with Gasteiger partial charge in [-0.15, -0.1) is 11.3 Å². The summed E-state index contributed by atoms with van der Waals surface area (Å²) in [4.78, 5) is 16.4. The van der Waals surface area contributed by atoms with Gasteiger partial charge in [-0.05, 0) is 57.4 Å². The van der Waals surface area contributed by atoms with Crippen LogP contribution in [0.4, 0.5) is 13.2 Å². The van der Waals surface area contributed by atoms with Crippen LogP contribution in [0, 0.1) is 12.3 Å². The van der Waals surface area contributed by atoms with Crippen molar-refractivity contribution < 1.29 is 27.8 Å². The number of halogens is 5. The lowest BCUT2D eigenvalue weighted by molar-refractivity contribution is -0.152. The fourth-order valence-electron chi connectivity index (χ4n) is 3.14. The van der Waals surface area contributed by atoms with Gasteiger partial charge in [0.05, 0.1) is 26.9 Å². The molecule has 11 heteroatoms. The molecule has 35 heavy (non-hydrogen) atoms. The van der Waals surface area contributed by atoms with Gasteiger partial charge in [0.25, 0.3) is 0 Å². The lowest BCUT2D eigenvalue weighted by Crippen LogP contribution is -2.38. The van der Waals surface area contributed by atoms with E-state index in [1.807, 2.05) is 0 Å². The second-order valence-corrected chi connectivity index (χ2v) is 10.0. The standard InChI is InChI=1S/C24H21Cl2F3N2O3S/c1-12-20(35-21(31-12)14-4-8-15(9-5-14)24(27,28)29)16(30)10-6-13-7-11-17(19(26)18(13)25)34-23(2,3)22(32)33/h4-5,7-9,11,30H,6,10H2,1-3H3,(H,32,33). The van der Waals surface area contributed by atoms with Crippen LogP contribution in [0.3, 0.4) is 0 Å². The van der Waals surface area contributed by atoms with Crippen LogP contribution in [0.2, 0.25) is 10.0 Å². The zero-order valence-corrected chi connectivity index (χ0v) is 21.2. The van der Waals surface area contributed by atoms with Gasteiger partial charge in [0.2, 0.25) is 0 Å². The molecule has 0 aliphatic carbocycles. The predicted octanol–water partition coefficient (Wildman–Crippen LogP) is 7.69. The van der Waals surface area contributed by atoms with E-state index in [2.05, 4.69) is 4.98 Å². The number of hydrogen-bond donors (Lipinski definition) is 2. The Labute approximate surface area is 214 Å². The summed E-state index contributed by atoms with van der Waals surface area (Å²) in [5.74, 6) is -1.01. The highest BCUT2D eigenvalue weighted by atomic mass is 35.5. The van der Waals surface area contributed by atoms with Gasteiger partial charge >= 0.3 is 12.1 Å². The highest BCUT2D eigenvalue weighted by Gasteiger charge is 2.31. The Balaban J connectivity index is 1.73. The van der Waals surface area contributed by atoms with Crippen LogP contribution in [0.1, 0.15) is 42.0 Å². The molecule has 0 fully saturated rings. The number of aromatic nitrogens is 1. The van der Waals surface area contributed by atoms with Crippen LogP contribution < -0.4 is 4.74 Å². The average Bonchev–Trinajstić information content (AvgIpc) is 3.17. The predicted molar refractivity (Wildman–Crippen MR) is 131 cm³/mol. The van der Waals surface area contributed by atoms with Crippen molar-refractivity contribution in [2.45, 2.75) is 45.4 Å². The largest absolute Gasteiger partial charge is 0.478 e. The summed E-state index contributed by atoms with van der Waals surface area (Å²) >= 11 is 13.9. The van der Waals surface area contributed by atoms with E-state index in [0.717, 1.165) is 12.1 Å². The first-order valence-electron chi connectivity index (χ1n) is 10.3. The van der Waals surface area contributed by atoms with Crippen LogP contribution in [0.5, 0.6) is 5.75 Å². The molecule has 186 valence electrons. The van der Waals surface area contributed by atoms with Gasteiger partial charge in [-0.2, -0.15) is 13.2 Å². The normalized spacial score (nSPS) is 12.0. The number of rotatable bonds is 8. The molecule has 3 rings (SSSR count). The van der Waals surface area contributed by atoms with Gasteiger partial charge in [0.1, 0.15) is 15.8 Å². The Kier molecular flexibility index (Phi) is 7.83. The van der Waals surface area contributed by atoms with Crippen LogP contribution in [-0.2, 0) is 17.4 Å². The number of carboxylic acid groups (broad SMARTS) is 1. The number of ether oxygens (including phenoxy) is 1. The lowest BCUT2D eigenvalue weighted by Gasteiger charge is -2.23. The molecule has 0 bridgehead atoms. The van der Waals surface area contributed by atoms with Gasteiger partial charge in [-0.25, -0.2) is 9.78 Å². The van der Waals surface area contributed by atoms with Crippen molar-refractivity contribution in [3.05, 3.63) is 68.1 Å². The molecule has 1 heterocycles. The molecule has 0 aliphatic heterocycles. The highest BCUT2D eigenvalue weighted by Crippen LogP contribution is 2.38. The molecular weight excluding hydrogens is 524 g/mol. The van der Waals surface area contributed by atoms with Gasteiger partial charge < -0.3 is 15.3 Å². The first-order valence-corrected chi connectivity index (χ1v) is 11.9. The van der Waals surface area contributed by atoms with Crippen molar-refractivity contribution in [2.24, 2.45) is 0 Å². The molecule has 0 atom stereocenters. The quantitative estimate of drug-likeness (QED) is 0.285. The Hall–Kier alpha value is -2.62. The number of carbonyl (C=O) groups is 1. The Morgan fingerprint density at radius 3 is 2.31 bits per heavy atom. The Bertz CT molecular complexity index is 1270. The van der Waals surface area contributed by atoms with E-state index in [9.17, 15) is 23.1 Å². The minimum atomic E-state index is -4.41. The molecule has 0 radical (unpaired) electrons. The maximum atomic E-state index is 12.8. The fraction of sp³-hybridized carbons (Fsp3) is 0.292. The van der Waals surface area contributed by atoms with Crippen molar-refractivity contribution in [3.63, 3.8) is 0 Å². The average molecular weight is 545 g/mol. The number of thiazole rings is 1. The molecule has 0 saturated heterocycles. The second kappa shape index (κ2) is 10.2. The zero-order valence-electron chi connectivity index (χ0n) is 18.9. The van der Waals surface area contributed by atoms with E-state index in [1.165, 1.54) is 37.3 Å². The third-order valence-corrected chi connectivity index (χ3v) is 7.35. The maximum absolute atomic E-state index is 12.8. The minimum absolute atomic E-state index is 0.0867. The summed E-state index contributed by atoms with van der Waals surface area (Å²) in [7, 11) is 0. The van der Waals surface area contributed by atoms with E-state index in [4.69, 9.17) is 33.3 Å². The maximum Gasteiger partial charge on any atom is 0.416 e. The SMILES string of the molecule is Cc1nc(-c2ccc(C(F)(F)F)cc2)sc1C(=N)CCc1ccc(OC(C)(C)C(=O)O)c(Cl)c1Cl. The molecule has 1 aromatic heterocycles. The van der Waals surface area contributed by atoms with Crippen molar-refractivity contribution in [3.8, 4) is 16.3 Å². The van der Waals surface area contributed by atoms with Crippen LogP contribution in [0.15, 0.2) is 36.4 Å². The number of aryl methyl sites for hydroxylation is 2.